The Morgan fingerprint density at radius 1 is 1.15 bits per heavy atom. The molecular formula is C22H24F3N3O4S. The highest BCUT2D eigenvalue weighted by molar-refractivity contribution is 7.90. The molecule has 1 aromatic heterocycles. The van der Waals surface area contributed by atoms with Crippen molar-refractivity contribution in [3.63, 3.8) is 0 Å². The molecule has 2 heterocycles. The molecule has 178 valence electrons. The number of alkyl halides is 3. The van der Waals surface area contributed by atoms with Crippen LogP contribution in [0.1, 0.15) is 37.0 Å². The third-order valence-electron chi connectivity index (χ3n) is 6.44. The highest BCUT2D eigenvalue weighted by atomic mass is 32.2. The summed E-state index contributed by atoms with van der Waals surface area (Å²) in [6, 6.07) is 6.78. The minimum Gasteiger partial charge on any atom is -0.480 e. The average Bonchev–Trinajstić information content (AvgIpc) is 3.03. The first-order valence-electron chi connectivity index (χ1n) is 10.4. The van der Waals surface area contributed by atoms with Crippen LogP contribution < -0.4 is 5.32 Å². The number of sulfonamides is 1. The lowest BCUT2D eigenvalue weighted by Crippen LogP contribution is -2.55. The van der Waals surface area contributed by atoms with Gasteiger partial charge in [-0.15, -0.1) is 0 Å². The molecular weight excluding hydrogens is 459 g/mol. The average molecular weight is 484 g/mol. The molecule has 1 aromatic carbocycles. The molecule has 1 fully saturated rings. The van der Waals surface area contributed by atoms with E-state index in [-0.39, 0.29) is 30.8 Å². The van der Waals surface area contributed by atoms with Gasteiger partial charge in [-0.1, -0.05) is 32.0 Å². The number of aromatic nitrogens is 1. The van der Waals surface area contributed by atoms with Crippen molar-refractivity contribution >= 4 is 16.0 Å². The molecule has 2 aliphatic rings. The summed E-state index contributed by atoms with van der Waals surface area (Å²) in [5.41, 5.74) is -0.551. The number of nitrogens with one attached hydrogen (secondary N) is 1. The summed E-state index contributed by atoms with van der Waals surface area (Å²) >= 11 is 0. The maximum Gasteiger partial charge on any atom is 0.417 e. The smallest absolute Gasteiger partial charge is 0.417 e. The first kappa shape index (κ1) is 23.7. The SMILES string of the molecule is CC1(C)CC(C(=O)O)(S(=O)(=O)N2CCNCC2)c2cccc(-c3ccc(C(F)(F)F)cn3)c21. The highest BCUT2D eigenvalue weighted by Crippen LogP contribution is 2.56. The van der Waals surface area contributed by atoms with Gasteiger partial charge in [-0.25, -0.2) is 8.42 Å². The molecule has 1 aliphatic carbocycles. The number of hydrogen-bond donors (Lipinski definition) is 2. The van der Waals surface area contributed by atoms with Gasteiger partial charge in [-0.2, -0.15) is 17.5 Å². The number of rotatable bonds is 4. The van der Waals surface area contributed by atoms with Crippen LogP contribution in [-0.4, -0.2) is 55.0 Å². The van der Waals surface area contributed by atoms with Crippen molar-refractivity contribution in [1.29, 1.82) is 0 Å². The number of benzene rings is 1. The molecule has 11 heteroatoms. The van der Waals surface area contributed by atoms with Crippen molar-refractivity contribution in [3.05, 3.63) is 53.2 Å². The Labute approximate surface area is 189 Å². The van der Waals surface area contributed by atoms with Crippen LogP contribution in [-0.2, 0) is 31.2 Å². The van der Waals surface area contributed by atoms with Gasteiger partial charge in [0, 0.05) is 37.9 Å². The van der Waals surface area contributed by atoms with Crippen molar-refractivity contribution in [3.8, 4) is 11.3 Å². The molecule has 1 saturated heterocycles. The summed E-state index contributed by atoms with van der Waals surface area (Å²) in [5.74, 6) is -1.47. The summed E-state index contributed by atoms with van der Waals surface area (Å²) in [5, 5.41) is 13.4. The van der Waals surface area contributed by atoms with Crippen LogP contribution in [0.3, 0.4) is 0 Å². The van der Waals surface area contributed by atoms with E-state index in [0.29, 0.717) is 24.2 Å². The lowest BCUT2D eigenvalue weighted by Gasteiger charge is -2.35. The summed E-state index contributed by atoms with van der Waals surface area (Å²) in [7, 11) is -4.31. The van der Waals surface area contributed by atoms with Gasteiger partial charge in [-0.05, 0) is 35.1 Å². The molecule has 2 aromatic rings. The molecule has 0 radical (unpaired) electrons. The second-order valence-electron chi connectivity index (χ2n) is 9.00. The molecule has 0 amide bonds. The van der Waals surface area contributed by atoms with Crippen LogP contribution >= 0.6 is 0 Å². The minimum absolute atomic E-state index is 0.137. The molecule has 1 aliphatic heterocycles. The van der Waals surface area contributed by atoms with Gasteiger partial charge in [-0.3, -0.25) is 9.78 Å². The number of aliphatic carboxylic acids is 1. The number of halogens is 3. The fourth-order valence-electron chi connectivity index (χ4n) is 4.99. The Bertz CT molecular complexity index is 1190. The number of pyridine rings is 1. The van der Waals surface area contributed by atoms with Crippen LogP contribution in [0.4, 0.5) is 13.2 Å². The Morgan fingerprint density at radius 3 is 2.36 bits per heavy atom. The molecule has 4 rings (SSSR count). The zero-order valence-electron chi connectivity index (χ0n) is 18.1. The van der Waals surface area contributed by atoms with E-state index in [0.717, 1.165) is 12.3 Å². The van der Waals surface area contributed by atoms with Gasteiger partial charge >= 0.3 is 12.1 Å². The number of fused-ring (bicyclic) bond motifs is 1. The summed E-state index contributed by atoms with van der Waals surface area (Å²) in [6.07, 6.45) is -4.02. The molecule has 33 heavy (non-hydrogen) atoms. The molecule has 0 spiro atoms. The lowest BCUT2D eigenvalue weighted by molar-refractivity contribution is -0.141. The predicted molar refractivity (Wildman–Crippen MR) is 115 cm³/mol. The molecule has 2 N–H and O–H groups in total. The number of carboxylic acid groups (broad SMARTS) is 1. The zero-order valence-corrected chi connectivity index (χ0v) is 18.9. The van der Waals surface area contributed by atoms with Gasteiger partial charge in [0.05, 0.1) is 11.3 Å². The van der Waals surface area contributed by atoms with E-state index in [2.05, 4.69) is 10.3 Å². The van der Waals surface area contributed by atoms with E-state index in [9.17, 15) is 31.5 Å². The van der Waals surface area contributed by atoms with E-state index in [1.165, 1.54) is 22.5 Å². The van der Waals surface area contributed by atoms with Crippen molar-refractivity contribution in [2.75, 3.05) is 26.2 Å². The molecule has 1 atom stereocenters. The van der Waals surface area contributed by atoms with Crippen LogP contribution in [0.2, 0.25) is 0 Å². The number of piperazine rings is 1. The Morgan fingerprint density at radius 2 is 1.82 bits per heavy atom. The number of carboxylic acids is 1. The zero-order chi connectivity index (χ0) is 24.2. The van der Waals surface area contributed by atoms with E-state index in [1.807, 2.05) is 0 Å². The Hall–Kier alpha value is -2.50. The third-order valence-corrected chi connectivity index (χ3v) is 8.90. The van der Waals surface area contributed by atoms with Gasteiger partial charge in [0.2, 0.25) is 14.8 Å². The van der Waals surface area contributed by atoms with Gasteiger partial charge < -0.3 is 10.4 Å². The molecule has 1 unspecified atom stereocenters. The first-order chi connectivity index (χ1) is 15.3. The second kappa shape index (κ2) is 7.78. The van der Waals surface area contributed by atoms with E-state index in [1.54, 1.807) is 19.9 Å². The van der Waals surface area contributed by atoms with Gasteiger partial charge in [0.15, 0.2) is 0 Å². The normalized spacial score (nSPS) is 23.3. The van der Waals surface area contributed by atoms with Crippen molar-refractivity contribution in [2.45, 2.75) is 36.6 Å². The second-order valence-corrected chi connectivity index (χ2v) is 11.2. The number of carbonyl (C=O) groups is 1. The van der Waals surface area contributed by atoms with Crippen molar-refractivity contribution in [2.24, 2.45) is 0 Å². The molecule has 7 nitrogen and oxygen atoms in total. The van der Waals surface area contributed by atoms with Crippen LogP contribution in [0.15, 0.2) is 36.5 Å². The van der Waals surface area contributed by atoms with Crippen LogP contribution in [0.25, 0.3) is 11.3 Å². The largest absolute Gasteiger partial charge is 0.480 e. The quantitative estimate of drug-likeness (QED) is 0.694. The highest BCUT2D eigenvalue weighted by Gasteiger charge is 2.63. The van der Waals surface area contributed by atoms with Crippen molar-refractivity contribution < 1.29 is 31.5 Å². The monoisotopic (exact) mass is 483 g/mol. The standard InChI is InChI=1S/C22H24F3N3O4S/c1-20(2)13-21(19(29)30,33(31,32)28-10-8-26-9-11-28)16-5-3-4-15(18(16)20)17-7-6-14(12-27-17)22(23,24)25/h3-7,12,26H,8-11,13H2,1-2H3,(H,29,30). The Balaban J connectivity index is 1.92. The van der Waals surface area contributed by atoms with Crippen LogP contribution in [0.5, 0.6) is 0 Å². The van der Waals surface area contributed by atoms with E-state index in [4.69, 9.17) is 0 Å². The minimum atomic E-state index is -4.54. The maximum absolute atomic E-state index is 13.8. The molecule has 0 bridgehead atoms. The predicted octanol–water partition coefficient (Wildman–Crippen LogP) is 2.96. The van der Waals surface area contributed by atoms with Crippen molar-refractivity contribution in [1.82, 2.24) is 14.6 Å². The maximum atomic E-state index is 13.8. The lowest BCUT2D eigenvalue weighted by atomic mass is 9.82. The number of hydrogen-bond acceptors (Lipinski definition) is 5. The first-order valence-corrected chi connectivity index (χ1v) is 11.9. The Kier molecular flexibility index (Phi) is 5.58. The third kappa shape index (κ3) is 3.62. The topological polar surface area (TPSA) is 99.6 Å². The van der Waals surface area contributed by atoms with Crippen LogP contribution in [0, 0.1) is 0 Å². The van der Waals surface area contributed by atoms with E-state index < -0.39 is 37.9 Å². The number of nitrogens with zero attached hydrogens (tertiary/aromatic N) is 2. The summed E-state index contributed by atoms with van der Waals surface area (Å²) in [4.78, 5) is 16.7. The fraction of sp³-hybridized carbons (Fsp3) is 0.455. The van der Waals surface area contributed by atoms with Gasteiger partial charge in [0.1, 0.15) is 0 Å². The summed E-state index contributed by atoms with van der Waals surface area (Å²) in [6.45, 7) is 4.65. The summed E-state index contributed by atoms with van der Waals surface area (Å²) < 4.78 is 65.5. The van der Waals surface area contributed by atoms with Gasteiger partial charge in [0.25, 0.3) is 0 Å². The fourth-order valence-corrected chi connectivity index (χ4v) is 7.31. The molecule has 0 saturated carbocycles. The van der Waals surface area contributed by atoms with E-state index >= 15 is 0 Å².